The number of methoxy groups -OCH3 is 1. The third-order valence-electron chi connectivity index (χ3n) is 3.08. The Morgan fingerprint density at radius 2 is 1.95 bits per heavy atom. The number of fused-ring (bicyclic) bond motifs is 1. The zero-order chi connectivity index (χ0) is 14.1. The van der Waals surface area contributed by atoms with Crippen LogP contribution >= 0.6 is 0 Å². The van der Waals surface area contributed by atoms with Gasteiger partial charge in [0.2, 0.25) is 0 Å². The Bertz CT molecular complexity index is 840. The van der Waals surface area contributed by atoms with Crippen molar-refractivity contribution in [2.24, 2.45) is 0 Å². The van der Waals surface area contributed by atoms with E-state index in [-0.39, 0.29) is 5.82 Å². The highest BCUT2D eigenvalue weighted by atomic mass is 16.5. The zero-order valence-corrected chi connectivity index (χ0v) is 10.8. The molecule has 3 rings (SSSR count). The summed E-state index contributed by atoms with van der Waals surface area (Å²) in [5.74, 6) is 0.817. The first-order valence-corrected chi connectivity index (χ1v) is 6.06. The maximum atomic E-state index is 12.1. The summed E-state index contributed by atoms with van der Waals surface area (Å²) in [6.45, 7) is 0. The molecule has 0 aliphatic heterocycles. The molecule has 1 aromatic heterocycles. The lowest BCUT2D eigenvalue weighted by molar-refractivity contribution is 0.178. The van der Waals surface area contributed by atoms with Crippen molar-refractivity contribution in [3.63, 3.8) is 0 Å². The zero-order valence-electron chi connectivity index (χ0n) is 10.8. The topological polar surface area (TPSA) is 64.3 Å². The van der Waals surface area contributed by atoms with Crippen molar-refractivity contribution in [3.8, 4) is 17.1 Å². The first kappa shape index (κ1) is 12.2. The number of ether oxygens (including phenoxy) is 1. The van der Waals surface area contributed by atoms with E-state index in [0.29, 0.717) is 26.9 Å². The van der Waals surface area contributed by atoms with E-state index in [1.54, 1.807) is 55.6 Å². The fraction of sp³-hybridized carbons (Fsp3) is 0.0667. The molecule has 0 spiro atoms. The van der Waals surface area contributed by atoms with Crippen LogP contribution in [0.5, 0.6) is 5.75 Å². The fourth-order valence-electron chi connectivity index (χ4n) is 2.07. The van der Waals surface area contributed by atoms with Crippen molar-refractivity contribution < 1.29 is 9.94 Å². The average molecular weight is 268 g/mol. The van der Waals surface area contributed by atoms with Crippen LogP contribution < -0.4 is 10.3 Å². The van der Waals surface area contributed by atoms with Crippen LogP contribution in [-0.2, 0) is 0 Å². The van der Waals surface area contributed by atoms with Gasteiger partial charge in [-0.25, -0.2) is 4.98 Å². The van der Waals surface area contributed by atoms with Crippen molar-refractivity contribution >= 4 is 10.9 Å². The maximum absolute atomic E-state index is 12.1. The van der Waals surface area contributed by atoms with Gasteiger partial charge in [0, 0.05) is 5.56 Å². The molecule has 0 atom stereocenters. The predicted molar refractivity (Wildman–Crippen MR) is 75.2 cm³/mol. The minimum atomic E-state index is -0.492. The lowest BCUT2D eigenvalue weighted by Crippen LogP contribution is -2.21. The van der Waals surface area contributed by atoms with Crippen LogP contribution in [0.3, 0.4) is 0 Å². The Balaban J connectivity index is 2.31. The quantitative estimate of drug-likeness (QED) is 0.724. The van der Waals surface area contributed by atoms with E-state index < -0.39 is 5.56 Å². The number of rotatable bonds is 2. The number of aromatic nitrogens is 2. The van der Waals surface area contributed by atoms with Gasteiger partial charge < -0.3 is 9.94 Å². The van der Waals surface area contributed by atoms with Crippen molar-refractivity contribution in [2.75, 3.05) is 7.11 Å². The third-order valence-corrected chi connectivity index (χ3v) is 3.08. The molecule has 5 heteroatoms. The van der Waals surface area contributed by atoms with Crippen LogP contribution in [0.4, 0.5) is 0 Å². The standard InChI is InChI=1S/C15H12N2O3/c1-20-11-6-4-5-10(9-11)14-16-13-8-3-2-7-12(13)15(18)17(14)19/h2-9,19H,1H3. The van der Waals surface area contributed by atoms with Crippen LogP contribution in [0, 0.1) is 0 Å². The van der Waals surface area contributed by atoms with Gasteiger partial charge in [0.25, 0.3) is 5.56 Å². The molecular weight excluding hydrogens is 256 g/mol. The molecule has 3 aromatic rings. The molecule has 0 unspecified atom stereocenters. The second-order valence-electron chi connectivity index (χ2n) is 4.30. The summed E-state index contributed by atoms with van der Waals surface area (Å²) in [5, 5.41) is 10.4. The Hall–Kier alpha value is -2.82. The Labute approximate surface area is 114 Å². The fourth-order valence-corrected chi connectivity index (χ4v) is 2.07. The van der Waals surface area contributed by atoms with E-state index in [4.69, 9.17) is 4.74 Å². The number of para-hydroxylation sites is 1. The molecule has 0 aliphatic rings. The van der Waals surface area contributed by atoms with Gasteiger partial charge in [-0.1, -0.05) is 24.3 Å². The Morgan fingerprint density at radius 1 is 1.15 bits per heavy atom. The molecule has 0 aliphatic carbocycles. The number of hydrogen-bond acceptors (Lipinski definition) is 4. The number of hydrogen-bond donors (Lipinski definition) is 1. The third kappa shape index (κ3) is 1.89. The monoisotopic (exact) mass is 268 g/mol. The molecular formula is C15H12N2O3. The minimum Gasteiger partial charge on any atom is -0.497 e. The highest BCUT2D eigenvalue weighted by molar-refractivity contribution is 5.79. The lowest BCUT2D eigenvalue weighted by Gasteiger charge is -2.08. The molecule has 2 aromatic carbocycles. The van der Waals surface area contributed by atoms with E-state index in [2.05, 4.69) is 4.98 Å². The van der Waals surface area contributed by atoms with Crippen LogP contribution in [0.15, 0.2) is 53.3 Å². The molecule has 100 valence electrons. The van der Waals surface area contributed by atoms with Gasteiger partial charge in [0.05, 0.1) is 18.0 Å². The van der Waals surface area contributed by atoms with Crippen molar-refractivity contribution in [2.45, 2.75) is 0 Å². The van der Waals surface area contributed by atoms with Gasteiger partial charge in [-0.2, -0.15) is 0 Å². The second-order valence-corrected chi connectivity index (χ2v) is 4.30. The molecule has 0 radical (unpaired) electrons. The van der Waals surface area contributed by atoms with E-state index >= 15 is 0 Å². The number of nitrogens with zero attached hydrogens (tertiary/aromatic N) is 2. The van der Waals surface area contributed by atoms with Crippen molar-refractivity contribution in [3.05, 3.63) is 58.9 Å². The van der Waals surface area contributed by atoms with Crippen LogP contribution in [0.2, 0.25) is 0 Å². The van der Waals surface area contributed by atoms with Crippen molar-refractivity contribution in [1.82, 2.24) is 9.71 Å². The predicted octanol–water partition coefficient (Wildman–Crippen LogP) is 2.31. The summed E-state index contributed by atoms with van der Waals surface area (Å²) in [6.07, 6.45) is 0. The van der Waals surface area contributed by atoms with Gasteiger partial charge in [-0.15, -0.1) is 4.73 Å². The summed E-state index contributed by atoms with van der Waals surface area (Å²) in [7, 11) is 1.55. The van der Waals surface area contributed by atoms with Crippen LogP contribution in [0.25, 0.3) is 22.3 Å². The first-order valence-electron chi connectivity index (χ1n) is 6.06. The summed E-state index contributed by atoms with van der Waals surface area (Å²) in [5.41, 5.74) is 0.656. The average Bonchev–Trinajstić information content (AvgIpc) is 2.51. The molecule has 0 bridgehead atoms. The van der Waals surface area contributed by atoms with Gasteiger partial charge in [-0.3, -0.25) is 4.79 Å². The first-order chi connectivity index (χ1) is 9.70. The SMILES string of the molecule is COc1cccc(-c2nc3ccccc3c(=O)n2O)c1. The summed E-state index contributed by atoms with van der Waals surface area (Å²) >= 11 is 0. The normalized spacial score (nSPS) is 10.7. The largest absolute Gasteiger partial charge is 0.497 e. The molecule has 5 nitrogen and oxygen atoms in total. The smallest absolute Gasteiger partial charge is 0.294 e. The van der Waals surface area contributed by atoms with Gasteiger partial charge >= 0.3 is 0 Å². The van der Waals surface area contributed by atoms with Gasteiger partial charge in [-0.05, 0) is 24.3 Å². The lowest BCUT2D eigenvalue weighted by atomic mass is 10.2. The molecule has 0 saturated carbocycles. The van der Waals surface area contributed by atoms with Crippen molar-refractivity contribution in [1.29, 1.82) is 0 Å². The summed E-state index contributed by atoms with van der Waals surface area (Å²) in [4.78, 5) is 16.5. The molecule has 1 N–H and O–H groups in total. The highest BCUT2D eigenvalue weighted by Crippen LogP contribution is 2.22. The Morgan fingerprint density at radius 3 is 2.75 bits per heavy atom. The van der Waals surface area contributed by atoms with Gasteiger partial charge in [0.1, 0.15) is 5.75 Å². The molecule has 20 heavy (non-hydrogen) atoms. The Kier molecular flexibility index (Phi) is 2.87. The molecule has 0 saturated heterocycles. The van der Waals surface area contributed by atoms with E-state index in [1.807, 2.05) is 0 Å². The van der Waals surface area contributed by atoms with E-state index in [9.17, 15) is 10.0 Å². The van der Waals surface area contributed by atoms with Crippen LogP contribution in [0.1, 0.15) is 0 Å². The molecule has 0 fully saturated rings. The molecule has 1 heterocycles. The summed E-state index contributed by atoms with van der Waals surface area (Å²) in [6, 6.07) is 13.9. The second kappa shape index (κ2) is 4.70. The van der Waals surface area contributed by atoms with Gasteiger partial charge in [0.15, 0.2) is 5.82 Å². The number of benzene rings is 2. The molecule has 0 amide bonds. The maximum Gasteiger partial charge on any atom is 0.294 e. The van der Waals surface area contributed by atoms with E-state index in [1.165, 1.54) is 0 Å². The van der Waals surface area contributed by atoms with E-state index in [0.717, 1.165) is 0 Å². The highest BCUT2D eigenvalue weighted by Gasteiger charge is 2.12. The van der Waals surface area contributed by atoms with Crippen LogP contribution in [-0.4, -0.2) is 22.0 Å². The summed E-state index contributed by atoms with van der Waals surface area (Å²) < 4.78 is 5.70. The minimum absolute atomic E-state index is 0.188.